The van der Waals surface area contributed by atoms with Crippen LogP contribution in [-0.4, -0.2) is 0 Å². The van der Waals surface area contributed by atoms with Crippen LogP contribution in [-0.2, 0) is 12.4 Å². The molecule has 1 aromatic rings. The second-order valence-corrected chi connectivity index (χ2v) is 2.49. The van der Waals surface area contributed by atoms with Crippen molar-refractivity contribution in [1.82, 2.24) is 0 Å². The molecule has 0 fully saturated rings. The predicted molar refractivity (Wildman–Crippen MR) is 35.3 cm³/mol. The first-order chi connectivity index (χ1) is 6.21. The van der Waals surface area contributed by atoms with Gasteiger partial charge in [-0.05, 0) is 0 Å². The standard InChI is InChI=1S/C8H3F6.Li/c9-7(10,11)5-1-2-6(4-3-5)8(12,13)14;/h1-3H;/q-1;+1. The van der Waals surface area contributed by atoms with Gasteiger partial charge in [0, 0.05) is 0 Å². The first kappa shape index (κ1) is 14.4. The van der Waals surface area contributed by atoms with Crippen molar-refractivity contribution in [2.75, 3.05) is 0 Å². The van der Waals surface area contributed by atoms with Crippen molar-refractivity contribution in [2.45, 2.75) is 12.4 Å². The molecule has 0 unspecified atom stereocenters. The minimum atomic E-state index is -4.66. The van der Waals surface area contributed by atoms with Gasteiger partial charge in [-0.1, -0.05) is 11.1 Å². The molecule has 0 nitrogen and oxygen atoms in total. The van der Waals surface area contributed by atoms with Gasteiger partial charge in [-0.2, -0.15) is 50.6 Å². The van der Waals surface area contributed by atoms with Crippen molar-refractivity contribution in [3.05, 3.63) is 35.4 Å². The van der Waals surface area contributed by atoms with Gasteiger partial charge in [-0.15, -0.1) is 0 Å². The van der Waals surface area contributed by atoms with Crippen molar-refractivity contribution in [3.63, 3.8) is 0 Å². The normalized spacial score (nSPS) is 12.1. The summed E-state index contributed by atoms with van der Waals surface area (Å²) in [6.45, 7) is 0. The van der Waals surface area contributed by atoms with E-state index in [2.05, 4.69) is 0 Å². The summed E-state index contributed by atoms with van der Waals surface area (Å²) in [7, 11) is 0. The van der Waals surface area contributed by atoms with Crippen LogP contribution in [0.5, 0.6) is 0 Å². The molecule has 0 bridgehead atoms. The van der Waals surface area contributed by atoms with Gasteiger partial charge in [0.1, 0.15) is 0 Å². The van der Waals surface area contributed by atoms with Crippen molar-refractivity contribution in [3.8, 4) is 0 Å². The average molecular weight is 220 g/mol. The molecule has 7 heteroatoms. The first-order valence-corrected chi connectivity index (χ1v) is 3.37. The van der Waals surface area contributed by atoms with Crippen LogP contribution < -0.4 is 18.9 Å². The zero-order chi connectivity index (χ0) is 11.0. The van der Waals surface area contributed by atoms with Gasteiger partial charge in [-0.25, -0.2) is 0 Å². The molecule has 0 N–H and O–H groups in total. The van der Waals surface area contributed by atoms with Crippen LogP contribution in [0.4, 0.5) is 26.3 Å². The predicted octanol–water partition coefficient (Wildman–Crippen LogP) is 0.528. The number of benzene rings is 1. The molecule has 0 aliphatic heterocycles. The third kappa shape index (κ3) is 3.80. The Hall–Kier alpha value is -0.603. The molecule has 0 aromatic heterocycles. The largest absolute Gasteiger partial charge is 1.00 e. The molecular weight excluding hydrogens is 217 g/mol. The van der Waals surface area contributed by atoms with Crippen LogP contribution in [0.15, 0.2) is 18.2 Å². The van der Waals surface area contributed by atoms with Crippen LogP contribution in [0, 0.1) is 6.07 Å². The second kappa shape index (κ2) is 4.50. The maximum absolute atomic E-state index is 11.9. The Bertz CT molecular complexity index is 276. The molecule has 0 atom stereocenters. The zero-order valence-electron chi connectivity index (χ0n) is 7.50. The summed E-state index contributed by atoms with van der Waals surface area (Å²) in [6.07, 6.45) is -9.30. The van der Waals surface area contributed by atoms with Gasteiger partial charge < -0.3 is 0 Å². The van der Waals surface area contributed by atoms with Crippen LogP contribution in [0.3, 0.4) is 0 Å². The number of halogens is 6. The van der Waals surface area contributed by atoms with E-state index in [0.29, 0.717) is 12.1 Å². The average Bonchev–Trinajstić information content (AvgIpc) is 2.01. The number of rotatable bonds is 0. The molecule has 0 radical (unpaired) electrons. The summed E-state index contributed by atoms with van der Waals surface area (Å²) in [5, 5.41) is 0. The fourth-order valence-corrected chi connectivity index (χ4v) is 0.777. The summed E-state index contributed by atoms with van der Waals surface area (Å²) < 4.78 is 71.5. The molecule has 1 rings (SSSR count). The maximum atomic E-state index is 11.9. The summed E-state index contributed by atoms with van der Waals surface area (Å²) in [5.74, 6) is 0. The summed E-state index contributed by atoms with van der Waals surface area (Å²) in [5.41, 5.74) is -2.36. The van der Waals surface area contributed by atoms with E-state index in [1.807, 2.05) is 0 Å². The molecule has 15 heavy (non-hydrogen) atoms. The van der Waals surface area contributed by atoms with Gasteiger partial charge in [0.25, 0.3) is 0 Å². The maximum Gasteiger partial charge on any atom is 1.00 e. The van der Waals surface area contributed by atoms with E-state index in [4.69, 9.17) is 0 Å². The van der Waals surface area contributed by atoms with E-state index in [0.717, 1.165) is 0 Å². The van der Waals surface area contributed by atoms with Gasteiger partial charge in [0.15, 0.2) is 0 Å². The van der Waals surface area contributed by atoms with Gasteiger partial charge >= 0.3 is 31.2 Å². The summed E-state index contributed by atoms with van der Waals surface area (Å²) in [6, 6.07) is 2.54. The smallest absolute Gasteiger partial charge is 0.179 e. The topological polar surface area (TPSA) is 0 Å². The Kier molecular flexibility index (Phi) is 4.32. The quantitative estimate of drug-likeness (QED) is 0.340. The third-order valence-electron chi connectivity index (χ3n) is 1.45. The molecular formula is C8H3F6Li. The van der Waals surface area contributed by atoms with E-state index in [1.54, 1.807) is 0 Å². The van der Waals surface area contributed by atoms with Crippen molar-refractivity contribution in [1.29, 1.82) is 0 Å². The Balaban J connectivity index is 0.00000196. The molecule has 0 amide bonds. The Morgan fingerprint density at radius 2 is 1.40 bits per heavy atom. The number of hydrogen-bond donors (Lipinski definition) is 0. The fourth-order valence-electron chi connectivity index (χ4n) is 0.777. The number of hydrogen-bond acceptors (Lipinski definition) is 0. The SMILES string of the molecule is FC(F)(F)c1[c-]cc(C(F)(F)F)cc1.[Li+]. The molecule has 78 valence electrons. The number of alkyl halides is 6. The van der Waals surface area contributed by atoms with Gasteiger partial charge in [0.05, 0.1) is 0 Å². The minimum Gasteiger partial charge on any atom is -0.179 e. The Morgan fingerprint density at radius 1 is 0.867 bits per heavy atom. The van der Waals surface area contributed by atoms with E-state index in [-0.39, 0.29) is 24.9 Å². The minimum absolute atomic E-state index is 0. The third-order valence-corrected chi connectivity index (χ3v) is 1.45. The molecule has 1 aromatic carbocycles. The first-order valence-electron chi connectivity index (χ1n) is 3.37. The fraction of sp³-hybridized carbons (Fsp3) is 0.250. The van der Waals surface area contributed by atoms with Crippen LogP contribution in [0.2, 0.25) is 0 Å². The van der Waals surface area contributed by atoms with E-state index >= 15 is 0 Å². The Morgan fingerprint density at radius 3 is 1.67 bits per heavy atom. The molecule has 0 saturated heterocycles. The monoisotopic (exact) mass is 220 g/mol. The van der Waals surface area contributed by atoms with Crippen molar-refractivity contribution >= 4 is 0 Å². The van der Waals surface area contributed by atoms with Gasteiger partial charge in [0.2, 0.25) is 0 Å². The van der Waals surface area contributed by atoms with E-state index in [9.17, 15) is 26.3 Å². The molecule has 0 spiro atoms. The van der Waals surface area contributed by atoms with E-state index in [1.165, 1.54) is 6.07 Å². The molecule has 0 aliphatic rings. The molecule has 0 aliphatic carbocycles. The Labute approximate surface area is 93.5 Å². The van der Waals surface area contributed by atoms with Gasteiger partial charge in [-0.3, -0.25) is 0 Å². The second-order valence-electron chi connectivity index (χ2n) is 2.49. The van der Waals surface area contributed by atoms with Crippen molar-refractivity contribution in [2.24, 2.45) is 0 Å². The molecule has 0 saturated carbocycles. The zero-order valence-corrected chi connectivity index (χ0v) is 7.50. The molecule has 0 heterocycles. The van der Waals surface area contributed by atoms with Crippen LogP contribution >= 0.6 is 0 Å². The van der Waals surface area contributed by atoms with Crippen molar-refractivity contribution < 1.29 is 45.2 Å². The summed E-state index contributed by atoms with van der Waals surface area (Å²) >= 11 is 0. The summed E-state index contributed by atoms with van der Waals surface area (Å²) in [4.78, 5) is 0. The van der Waals surface area contributed by atoms with Crippen LogP contribution in [0.25, 0.3) is 0 Å². The van der Waals surface area contributed by atoms with Crippen LogP contribution in [0.1, 0.15) is 11.1 Å². The van der Waals surface area contributed by atoms with E-state index < -0.39 is 23.5 Å².